The first-order valence-electron chi connectivity index (χ1n) is 9.00. The summed E-state index contributed by atoms with van der Waals surface area (Å²) in [6.07, 6.45) is 6.08. The van der Waals surface area contributed by atoms with Gasteiger partial charge in [-0.1, -0.05) is 6.42 Å². The van der Waals surface area contributed by atoms with Crippen molar-refractivity contribution in [3.05, 3.63) is 24.3 Å². The summed E-state index contributed by atoms with van der Waals surface area (Å²) in [5.74, 6) is 2.53. The molecule has 1 N–H and O–H groups in total. The van der Waals surface area contributed by atoms with Gasteiger partial charge in [-0.25, -0.2) is 0 Å². The number of nitrogens with zero attached hydrogens (tertiary/aromatic N) is 1. The lowest BCUT2D eigenvalue weighted by molar-refractivity contribution is -0.117. The summed E-state index contributed by atoms with van der Waals surface area (Å²) >= 11 is 0. The second-order valence-corrected chi connectivity index (χ2v) is 7.33. The minimum atomic E-state index is 0.182. The Balaban J connectivity index is 1.30. The number of amides is 1. The lowest BCUT2D eigenvalue weighted by Gasteiger charge is -2.29. The molecular weight excluding hydrogens is 288 g/mol. The van der Waals surface area contributed by atoms with Crippen molar-refractivity contribution in [1.29, 1.82) is 0 Å². The predicted octanol–water partition coefficient (Wildman–Crippen LogP) is 3.29. The van der Waals surface area contributed by atoms with E-state index in [1.165, 1.54) is 31.4 Å². The van der Waals surface area contributed by atoms with Crippen molar-refractivity contribution in [3.8, 4) is 0 Å². The first-order chi connectivity index (χ1) is 11.3. The highest BCUT2D eigenvalue weighted by molar-refractivity contribution is 5.91. The molecule has 1 amide bonds. The molecule has 4 rings (SSSR count). The molecule has 124 valence electrons. The van der Waals surface area contributed by atoms with Gasteiger partial charge >= 0.3 is 0 Å². The van der Waals surface area contributed by atoms with Gasteiger partial charge in [0.05, 0.1) is 13.2 Å². The molecule has 3 atom stereocenters. The van der Waals surface area contributed by atoms with Gasteiger partial charge in [0.15, 0.2) is 0 Å². The average Bonchev–Trinajstić information content (AvgIpc) is 3.19. The van der Waals surface area contributed by atoms with E-state index >= 15 is 0 Å². The summed E-state index contributed by atoms with van der Waals surface area (Å²) in [6, 6.07) is 8.23. The highest BCUT2D eigenvalue weighted by Crippen LogP contribution is 2.49. The Morgan fingerprint density at radius 1 is 1.13 bits per heavy atom. The summed E-state index contributed by atoms with van der Waals surface area (Å²) < 4.78 is 5.38. The fourth-order valence-corrected chi connectivity index (χ4v) is 4.65. The zero-order chi connectivity index (χ0) is 15.6. The van der Waals surface area contributed by atoms with Crippen LogP contribution in [0.2, 0.25) is 0 Å². The fraction of sp³-hybridized carbons (Fsp3) is 0.632. The molecular formula is C19H26N2O2. The number of hydrogen-bond donors (Lipinski definition) is 1. The maximum Gasteiger partial charge on any atom is 0.224 e. The molecule has 0 unspecified atom stereocenters. The van der Waals surface area contributed by atoms with Crippen molar-refractivity contribution < 1.29 is 9.53 Å². The van der Waals surface area contributed by atoms with Gasteiger partial charge in [-0.05, 0) is 61.3 Å². The van der Waals surface area contributed by atoms with Crippen molar-refractivity contribution in [1.82, 2.24) is 0 Å². The first kappa shape index (κ1) is 15.0. The summed E-state index contributed by atoms with van der Waals surface area (Å²) in [5.41, 5.74) is 2.12. The van der Waals surface area contributed by atoms with Gasteiger partial charge in [-0.3, -0.25) is 4.79 Å². The third-order valence-electron chi connectivity index (χ3n) is 5.86. The van der Waals surface area contributed by atoms with Crippen molar-refractivity contribution in [2.75, 3.05) is 36.5 Å². The van der Waals surface area contributed by atoms with Gasteiger partial charge in [0.2, 0.25) is 5.91 Å². The number of anilines is 2. The Morgan fingerprint density at radius 3 is 2.57 bits per heavy atom. The quantitative estimate of drug-likeness (QED) is 0.927. The van der Waals surface area contributed by atoms with Gasteiger partial charge in [-0.2, -0.15) is 0 Å². The summed E-state index contributed by atoms with van der Waals surface area (Å²) in [4.78, 5) is 14.6. The van der Waals surface area contributed by atoms with E-state index in [4.69, 9.17) is 4.74 Å². The molecule has 0 radical (unpaired) electrons. The lowest BCUT2D eigenvalue weighted by atomic mass is 9.86. The van der Waals surface area contributed by atoms with Crippen LogP contribution >= 0.6 is 0 Å². The van der Waals surface area contributed by atoms with Crippen LogP contribution < -0.4 is 10.2 Å². The van der Waals surface area contributed by atoms with Crippen LogP contribution in [0.5, 0.6) is 0 Å². The zero-order valence-electron chi connectivity index (χ0n) is 13.7. The highest BCUT2D eigenvalue weighted by Gasteiger charge is 2.40. The molecule has 3 fully saturated rings. The number of rotatable bonds is 4. The van der Waals surface area contributed by atoms with Crippen LogP contribution in [0.15, 0.2) is 24.3 Å². The average molecular weight is 314 g/mol. The Morgan fingerprint density at radius 2 is 1.91 bits per heavy atom. The summed E-state index contributed by atoms with van der Waals surface area (Å²) in [5, 5.41) is 3.08. The van der Waals surface area contributed by atoms with E-state index in [1.807, 2.05) is 12.1 Å². The fourth-order valence-electron chi connectivity index (χ4n) is 4.65. The van der Waals surface area contributed by atoms with Crippen molar-refractivity contribution in [2.45, 2.75) is 32.1 Å². The molecule has 1 aromatic carbocycles. The van der Waals surface area contributed by atoms with Gasteiger partial charge < -0.3 is 15.0 Å². The monoisotopic (exact) mass is 314 g/mol. The third kappa shape index (κ3) is 3.37. The maximum atomic E-state index is 12.3. The number of morpholine rings is 1. The number of carbonyl (C=O) groups is 1. The number of benzene rings is 1. The molecule has 23 heavy (non-hydrogen) atoms. The van der Waals surface area contributed by atoms with Crippen molar-refractivity contribution in [3.63, 3.8) is 0 Å². The van der Waals surface area contributed by atoms with Crippen LogP contribution in [-0.4, -0.2) is 32.2 Å². The van der Waals surface area contributed by atoms with Crippen LogP contribution in [0.4, 0.5) is 11.4 Å². The summed E-state index contributed by atoms with van der Waals surface area (Å²) in [7, 11) is 0. The normalized spacial score (nSPS) is 29.7. The Hall–Kier alpha value is -1.55. The summed E-state index contributed by atoms with van der Waals surface area (Å²) in [6.45, 7) is 3.47. The topological polar surface area (TPSA) is 41.6 Å². The molecule has 1 aromatic rings. The molecule has 3 aliphatic rings. The standard InChI is InChI=1S/C19H26N2O2/c22-19(13-16-12-14-1-2-15(16)11-14)20-17-3-5-18(6-4-17)21-7-9-23-10-8-21/h3-6,14-16H,1-2,7-13H2,(H,20,22)/t14-,15-,16-/m0/s1. The van der Waals surface area contributed by atoms with Gasteiger partial charge in [0.1, 0.15) is 0 Å². The minimum Gasteiger partial charge on any atom is -0.378 e. The number of fused-ring (bicyclic) bond motifs is 2. The molecule has 1 saturated heterocycles. The van der Waals surface area contributed by atoms with Crippen molar-refractivity contribution >= 4 is 17.3 Å². The molecule has 0 spiro atoms. The van der Waals surface area contributed by atoms with Gasteiger partial charge in [0.25, 0.3) is 0 Å². The predicted molar refractivity (Wildman–Crippen MR) is 91.7 cm³/mol. The van der Waals surface area contributed by atoms with Crippen LogP contribution in [0.1, 0.15) is 32.1 Å². The molecule has 1 heterocycles. The largest absolute Gasteiger partial charge is 0.378 e. The van der Waals surface area contributed by atoms with Crippen LogP contribution in [0, 0.1) is 17.8 Å². The molecule has 2 saturated carbocycles. The van der Waals surface area contributed by atoms with E-state index in [0.717, 1.165) is 43.8 Å². The highest BCUT2D eigenvalue weighted by atomic mass is 16.5. The lowest BCUT2D eigenvalue weighted by Crippen LogP contribution is -2.36. The van der Waals surface area contributed by atoms with E-state index < -0.39 is 0 Å². The molecule has 4 heteroatoms. The van der Waals surface area contributed by atoms with E-state index in [2.05, 4.69) is 22.3 Å². The maximum absolute atomic E-state index is 12.3. The Bertz CT molecular complexity index is 551. The second-order valence-electron chi connectivity index (χ2n) is 7.33. The molecule has 4 nitrogen and oxygen atoms in total. The van der Waals surface area contributed by atoms with E-state index in [9.17, 15) is 4.79 Å². The number of carbonyl (C=O) groups excluding carboxylic acids is 1. The number of hydrogen-bond acceptors (Lipinski definition) is 3. The smallest absolute Gasteiger partial charge is 0.224 e. The molecule has 2 aliphatic carbocycles. The second kappa shape index (κ2) is 6.52. The van der Waals surface area contributed by atoms with Crippen LogP contribution in [0.3, 0.4) is 0 Å². The van der Waals surface area contributed by atoms with Crippen LogP contribution in [0.25, 0.3) is 0 Å². The Labute approximate surface area is 138 Å². The number of ether oxygens (including phenoxy) is 1. The number of nitrogens with one attached hydrogen (secondary N) is 1. The molecule has 2 bridgehead atoms. The first-order valence-corrected chi connectivity index (χ1v) is 9.00. The van der Waals surface area contributed by atoms with Gasteiger partial charge in [-0.15, -0.1) is 0 Å². The van der Waals surface area contributed by atoms with E-state index in [-0.39, 0.29) is 5.91 Å². The molecule has 1 aliphatic heterocycles. The van der Waals surface area contributed by atoms with Gasteiger partial charge in [0, 0.05) is 30.9 Å². The Kier molecular flexibility index (Phi) is 4.25. The van der Waals surface area contributed by atoms with Crippen molar-refractivity contribution in [2.24, 2.45) is 17.8 Å². The third-order valence-corrected chi connectivity index (χ3v) is 5.86. The molecule has 0 aromatic heterocycles. The SMILES string of the molecule is O=C(C[C@@H]1C[C@H]2CC[C@H]1C2)Nc1ccc(N2CCOCC2)cc1. The van der Waals surface area contributed by atoms with E-state index in [0.29, 0.717) is 12.3 Å². The zero-order valence-corrected chi connectivity index (χ0v) is 13.7. The minimum absolute atomic E-state index is 0.182. The van der Waals surface area contributed by atoms with Crippen LogP contribution in [-0.2, 0) is 9.53 Å². The van der Waals surface area contributed by atoms with E-state index in [1.54, 1.807) is 0 Å².